The van der Waals surface area contributed by atoms with E-state index in [1.54, 1.807) is 6.08 Å². The molecular weight excluding hydrogens is 200 g/mol. The molecule has 80 valence electrons. The second kappa shape index (κ2) is 5.06. The summed E-state index contributed by atoms with van der Waals surface area (Å²) in [7, 11) is 1.32. The molecule has 0 saturated heterocycles. The molecular formula is C9H10N2O4. The highest BCUT2D eigenvalue weighted by Gasteiger charge is 2.15. The van der Waals surface area contributed by atoms with E-state index in [0.717, 1.165) is 0 Å². The first kappa shape index (κ1) is 11.1. The van der Waals surface area contributed by atoms with Gasteiger partial charge in [0.05, 0.1) is 18.6 Å². The minimum atomic E-state index is -0.567. The van der Waals surface area contributed by atoms with Crippen LogP contribution in [-0.2, 0) is 0 Å². The van der Waals surface area contributed by atoms with Gasteiger partial charge in [-0.2, -0.15) is 0 Å². The monoisotopic (exact) mass is 210 g/mol. The number of nitro groups is 1. The Labute approximate surface area is 86.0 Å². The van der Waals surface area contributed by atoms with Crippen LogP contribution in [0.4, 0.5) is 5.69 Å². The second-order valence-corrected chi connectivity index (χ2v) is 2.64. The fourth-order valence-corrected chi connectivity index (χ4v) is 1.02. The summed E-state index contributed by atoms with van der Waals surface area (Å²) in [4.78, 5) is 13.8. The molecule has 6 nitrogen and oxygen atoms in total. The number of methoxy groups -OCH3 is 1. The van der Waals surface area contributed by atoms with Crippen LogP contribution >= 0.6 is 0 Å². The highest BCUT2D eigenvalue weighted by molar-refractivity contribution is 5.55. The zero-order chi connectivity index (χ0) is 11.3. The van der Waals surface area contributed by atoms with E-state index in [9.17, 15) is 10.1 Å². The van der Waals surface area contributed by atoms with Crippen LogP contribution < -0.4 is 4.74 Å². The maximum absolute atomic E-state index is 10.6. The fraction of sp³-hybridized carbons (Fsp3) is 0.222. The van der Waals surface area contributed by atoms with Crippen molar-refractivity contribution in [2.45, 2.75) is 0 Å². The van der Waals surface area contributed by atoms with Crippen LogP contribution in [0.15, 0.2) is 18.3 Å². The molecule has 15 heavy (non-hydrogen) atoms. The van der Waals surface area contributed by atoms with Crippen LogP contribution in [0.1, 0.15) is 5.56 Å². The molecule has 1 heterocycles. The van der Waals surface area contributed by atoms with Gasteiger partial charge in [0.15, 0.2) is 0 Å². The van der Waals surface area contributed by atoms with Crippen molar-refractivity contribution in [2.24, 2.45) is 0 Å². The molecule has 1 N–H and O–H groups in total. The molecule has 0 atom stereocenters. The standard InChI is InChI=1S/C9H10N2O4/c1-15-9-8(11(13)14)5-7(6-10-9)3-2-4-12/h2-3,5-6,12H,4H2,1H3. The SMILES string of the molecule is COc1ncc(C=CCO)cc1[N+](=O)[O-]. The molecule has 0 aliphatic heterocycles. The molecule has 1 aromatic heterocycles. The topological polar surface area (TPSA) is 85.5 Å². The van der Waals surface area contributed by atoms with Gasteiger partial charge in [-0.3, -0.25) is 10.1 Å². The molecule has 0 aliphatic rings. The molecule has 6 heteroatoms. The van der Waals surface area contributed by atoms with Crippen molar-refractivity contribution in [3.8, 4) is 5.88 Å². The summed E-state index contributed by atoms with van der Waals surface area (Å²) in [5.74, 6) is -0.0267. The Morgan fingerprint density at radius 3 is 3.00 bits per heavy atom. The van der Waals surface area contributed by atoms with Gasteiger partial charge in [0.25, 0.3) is 5.88 Å². The smallest absolute Gasteiger partial charge is 0.331 e. The minimum Gasteiger partial charge on any atom is -0.476 e. The number of ether oxygens (including phenoxy) is 1. The molecule has 0 aromatic carbocycles. The van der Waals surface area contributed by atoms with Crippen LogP contribution in [0, 0.1) is 10.1 Å². The Balaban J connectivity index is 3.10. The van der Waals surface area contributed by atoms with Crippen LogP contribution in [-0.4, -0.2) is 28.7 Å². The lowest BCUT2D eigenvalue weighted by Crippen LogP contribution is -1.96. The van der Waals surface area contributed by atoms with E-state index in [0.29, 0.717) is 5.56 Å². The molecule has 0 bridgehead atoms. The molecule has 0 spiro atoms. The zero-order valence-corrected chi connectivity index (χ0v) is 8.08. The van der Waals surface area contributed by atoms with Gasteiger partial charge in [-0.25, -0.2) is 4.98 Å². The van der Waals surface area contributed by atoms with Gasteiger partial charge in [0.1, 0.15) is 0 Å². The molecule has 0 saturated carbocycles. The van der Waals surface area contributed by atoms with E-state index in [1.165, 1.54) is 25.4 Å². The first-order valence-corrected chi connectivity index (χ1v) is 4.15. The summed E-state index contributed by atoms with van der Waals surface area (Å²) in [5, 5.41) is 19.2. The van der Waals surface area contributed by atoms with E-state index in [-0.39, 0.29) is 18.2 Å². The normalized spacial score (nSPS) is 10.5. The van der Waals surface area contributed by atoms with Crippen molar-refractivity contribution in [2.75, 3.05) is 13.7 Å². The largest absolute Gasteiger partial charge is 0.476 e. The molecule has 1 aromatic rings. The predicted molar refractivity (Wildman–Crippen MR) is 53.6 cm³/mol. The molecule has 0 aliphatic carbocycles. The molecule has 0 unspecified atom stereocenters. The van der Waals surface area contributed by atoms with Crippen molar-refractivity contribution in [3.05, 3.63) is 34.0 Å². The van der Waals surface area contributed by atoms with Gasteiger partial charge in [0, 0.05) is 12.3 Å². The molecule has 1 rings (SSSR count). The van der Waals surface area contributed by atoms with Crippen LogP contribution in [0.2, 0.25) is 0 Å². The third-order valence-corrected chi connectivity index (χ3v) is 1.66. The number of hydrogen-bond donors (Lipinski definition) is 1. The Morgan fingerprint density at radius 2 is 2.47 bits per heavy atom. The zero-order valence-electron chi connectivity index (χ0n) is 8.08. The number of aromatic nitrogens is 1. The highest BCUT2D eigenvalue weighted by atomic mass is 16.6. The summed E-state index contributed by atoms with van der Waals surface area (Å²) in [5.41, 5.74) is 0.342. The number of pyridine rings is 1. The Kier molecular flexibility index (Phi) is 3.75. The highest BCUT2D eigenvalue weighted by Crippen LogP contribution is 2.24. The molecule has 0 fully saturated rings. The minimum absolute atomic E-state index is 0.0267. The van der Waals surface area contributed by atoms with Gasteiger partial charge in [-0.05, 0) is 5.56 Å². The molecule has 0 amide bonds. The lowest BCUT2D eigenvalue weighted by molar-refractivity contribution is -0.386. The maximum Gasteiger partial charge on any atom is 0.331 e. The van der Waals surface area contributed by atoms with Crippen LogP contribution in [0.25, 0.3) is 6.08 Å². The first-order chi connectivity index (χ1) is 7.19. The Morgan fingerprint density at radius 1 is 1.73 bits per heavy atom. The summed E-state index contributed by atoms with van der Waals surface area (Å²) in [6, 6.07) is 1.33. The average molecular weight is 210 g/mol. The van der Waals surface area contributed by atoms with Crippen molar-refractivity contribution >= 4 is 11.8 Å². The van der Waals surface area contributed by atoms with E-state index in [1.807, 2.05) is 0 Å². The van der Waals surface area contributed by atoms with Crippen LogP contribution in [0.3, 0.4) is 0 Å². The average Bonchev–Trinajstić information content (AvgIpc) is 2.25. The van der Waals surface area contributed by atoms with Crippen molar-refractivity contribution < 1.29 is 14.8 Å². The quantitative estimate of drug-likeness (QED) is 0.592. The first-order valence-electron chi connectivity index (χ1n) is 4.15. The summed E-state index contributed by atoms with van der Waals surface area (Å²) in [6.07, 6.45) is 4.44. The molecule has 0 radical (unpaired) electrons. The Hall–Kier alpha value is -1.95. The maximum atomic E-state index is 10.6. The van der Waals surface area contributed by atoms with Crippen molar-refractivity contribution in [1.29, 1.82) is 0 Å². The fourth-order valence-electron chi connectivity index (χ4n) is 1.02. The number of aliphatic hydroxyl groups is 1. The van der Waals surface area contributed by atoms with Gasteiger partial charge in [-0.1, -0.05) is 12.2 Å². The van der Waals surface area contributed by atoms with E-state index >= 15 is 0 Å². The Bertz CT molecular complexity index is 390. The van der Waals surface area contributed by atoms with Gasteiger partial charge in [0.2, 0.25) is 0 Å². The van der Waals surface area contributed by atoms with E-state index in [4.69, 9.17) is 9.84 Å². The lowest BCUT2D eigenvalue weighted by atomic mass is 10.2. The van der Waals surface area contributed by atoms with Crippen molar-refractivity contribution in [3.63, 3.8) is 0 Å². The van der Waals surface area contributed by atoms with Crippen LogP contribution in [0.5, 0.6) is 5.88 Å². The summed E-state index contributed by atoms with van der Waals surface area (Å²) >= 11 is 0. The van der Waals surface area contributed by atoms with E-state index in [2.05, 4.69) is 4.98 Å². The third kappa shape index (κ3) is 2.75. The third-order valence-electron chi connectivity index (χ3n) is 1.66. The van der Waals surface area contributed by atoms with E-state index < -0.39 is 4.92 Å². The number of hydrogen-bond acceptors (Lipinski definition) is 5. The van der Waals surface area contributed by atoms with Gasteiger partial charge in [-0.15, -0.1) is 0 Å². The van der Waals surface area contributed by atoms with Crippen molar-refractivity contribution in [1.82, 2.24) is 4.98 Å². The van der Waals surface area contributed by atoms with Gasteiger partial charge >= 0.3 is 5.69 Å². The predicted octanol–water partition coefficient (Wildman–Crippen LogP) is 1.00. The second-order valence-electron chi connectivity index (χ2n) is 2.64. The number of nitrogens with zero attached hydrogens (tertiary/aromatic N) is 2. The number of rotatable bonds is 4. The number of aliphatic hydroxyl groups excluding tert-OH is 1. The van der Waals surface area contributed by atoms with Gasteiger partial charge < -0.3 is 9.84 Å². The lowest BCUT2D eigenvalue weighted by Gasteiger charge is -2.00. The summed E-state index contributed by atoms with van der Waals surface area (Å²) in [6.45, 7) is -0.125. The summed E-state index contributed by atoms with van der Waals surface area (Å²) < 4.78 is 4.74.